The fourth-order valence-corrected chi connectivity index (χ4v) is 3.36. The molecule has 4 rings (SSSR count). The van der Waals surface area contributed by atoms with Gasteiger partial charge in [0, 0.05) is 0 Å². The van der Waals surface area contributed by atoms with Gasteiger partial charge in [0.1, 0.15) is 0 Å². The Labute approximate surface area is 131 Å². The lowest BCUT2D eigenvalue weighted by atomic mass is 9.89. The zero-order valence-electron chi connectivity index (χ0n) is 12.5. The molecule has 0 atom stereocenters. The van der Waals surface area contributed by atoms with Crippen molar-refractivity contribution >= 4 is 11.6 Å². The molecule has 1 aliphatic rings. The molecule has 0 N–H and O–H groups in total. The van der Waals surface area contributed by atoms with Crippen LogP contribution in [0.15, 0.2) is 78.9 Å². The van der Waals surface area contributed by atoms with Crippen molar-refractivity contribution in [3.05, 3.63) is 94.9 Å². The van der Waals surface area contributed by atoms with E-state index in [9.17, 15) is 0 Å². The highest BCUT2D eigenvalue weighted by Crippen LogP contribution is 2.22. The van der Waals surface area contributed by atoms with Crippen LogP contribution >= 0.6 is 0 Å². The number of hydrogen-bond donors (Lipinski definition) is 0. The largest absolute Gasteiger partial charge is 0.0763 e. The number of fused-ring (bicyclic) bond motifs is 1. The van der Waals surface area contributed by atoms with E-state index < -0.39 is 0 Å². The van der Waals surface area contributed by atoms with Crippen molar-refractivity contribution in [2.45, 2.75) is 12.8 Å². The summed E-state index contributed by atoms with van der Waals surface area (Å²) < 4.78 is 0. The zero-order valence-corrected chi connectivity index (χ0v) is 12.5. The smallest absolute Gasteiger partial charge is 0.00704 e. The normalized spacial score (nSPS) is 13.4. The standard InChI is InChI=1S/C22H18/c1-3-9-17(10-4-1)20-15-7-13-19-14-8-16-21(22(19)20)18-11-5-2-6-12-18/h1-7,9-15H,8,16H2. The molecular weight excluding hydrogens is 264 g/mol. The molecule has 0 saturated heterocycles. The molecule has 22 heavy (non-hydrogen) atoms. The molecule has 0 nitrogen and oxygen atoms in total. The van der Waals surface area contributed by atoms with E-state index in [0.717, 1.165) is 12.8 Å². The molecule has 0 bridgehead atoms. The van der Waals surface area contributed by atoms with E-state index in [0.29, 0.717) is 0 Å². The molecule has 3 aromatic carbocycles. The SMILES string of the molecule is C1=c2cccc(-c3ccccc3)c2=C(c2ccccc2)CC1. The van der Waals surface area contributed by atoms with Gasteiger partial charge >= 0.3 is 0 Å². The summed E-state index contributed by atoms with van der Waals surface area (Å²) in [6, 6.07) is 28.2. The first-order valence-electron chi connectivity index (χ1n) is 7.87. The fourth-order valence-electron chi connectivity index (χ4n) is 3.36. The first kappa shape index (κ1) is 13.1. The van der Waals surface area contributed by atoms with Gasteiger partial charge in [-0.25, -0.2) is 0 Å². The van der Waals surface area contributed by atoms with Gasteiger partial charge in [0.25, 0.3) is 0 Å². The van der Waals surface area contributed by atoms with Crippen molar-refractivity contribution in [3.8, 4) is 11.1 Å². The summed E-state index contributed by atoms with van der Waals surface area (Å²) in [7, 11) is 0. The van der Waals surface area contributed by atoms with Crippen LogP contribution < -0.4 is 10.4 Å². The van der Waals surface area contributed by atoms with Crippen molar-refractivity contribution in [1.29, 1.82) is 0 Å². The van der Waals surface area contributed by atoms with Gasteiger partial charge < -0.3 is 0 Å². The third kappa shape index (κ3) is 2.27. The molecular formula is C22H18. The lowest BCUT2D eigenvalue weighted by molar-refractivity contribution is 1.08. The predicted molar refractivity (Wildman–Crippen MR) is 93.8 cm³/mol. The predicted octanol–water partition coefficient (Wildman–Crippen LogP) is 4.13. The molecule has 1 aliphatic carbocycles. The second-order valence-corrected chi connectivity index (χ2v) is 5.72. The number of hydrogen-bond acceptors (Lipinski definition) is 0. The Bertz CT molecular complexity index is 903. The summed E-state index contributed by atoms with van der Waals surface area (Å²) in [5.41, 5.74) is 5.45. The van der Waals surface area contributed by atoms with Crippen LogP contribution in [-0.4, -0.2) is 0 Å². The van der Waals surface area contributed by atoms with Crippen molar-refractivity contribution in [2.24, 2.45) is 0 Å². The van der Waals surface area contributed by atoms with Gasteiger partial charge in [-0.1, -0.05) is 84.9 Å². The first-order chi connectivity index (χ1) is 10.9. The van der Waals surface area contributed by atoms with E-state index in [1.807, 2.05) is 0 Å². The van der Waals surface area contributed by atoms with E-state index in [1.165, 1.54) is 32.7 Å². The average molecular weight is 282 g/mol. The number of rotatable bonds is 2. The summed E-state index contributed by atoms with van der Waals surface area (Å²) in [4.78, 5) is 0. The average Bonchev–Trinajstić information content (AvgIpc) is 2.62. The zero-order chi connectivity index (χ0) is 14.8. The van der Waals surface area contributed by atoms with Crippen molar-refractivity contribution in [1.82, 2.24) is 0 Å². The Morgan fingerprint density at radius 3 is 2.00 bits per heavy atom. The van der Waals surface area contributed by atoms with E-state index in [4.69, 9.17) is 0 Å². The molecule has 0 amide bonds. The van der Waals surface area contributed by atoms with Crippen LogP contribution in [0.5, 0.6) is 0 Å². The molecule has 0 aromatic heterocycles. The maximum absolute atomic E-state index is 2.37. The molecule has 0 spiro atoms. The van der Waals surface area contributed by atoms with Crippen LogP contribution in [0, 0.1) is 0 Å². The molecule has 106 valence electrons. The Hall–Kier alpha value is -2.60. The van der Waals surface area contributed by atoms with Crippen molar-refractivity contribution in [3.63, 3.8) is 0 Å². The molecule has 0 saturated carbocycles. The van der Waals surface area contributed by atoms with Gasteiger partial charge in [0.15, 0.2) is 0 Å². The molecule has 0 heteroatoms. The Balaban J connectivity index is 2.10. The molecule has 0 fully saturated rings. The van der Waals surface area contributed by atoms with Crippen LogP contribution in [0.3, 0.4) is 0 Å². The molecule has 3 aromatic rings. The minimum absolute atomic E-state index is 1.11. The Morgan fingerprint density at radius 2 is 1.27 bits per heavy atom. The fraction of sp³-hybridized carbons (Fsp3) is 0.0909. The summed E-state index contributed by atoms with van der Waals surface area (Å²) in [6.45, 7) is 0. The quantitative estimate of drug-likeness (QED) is 0.663. The molecule has 0 heterocycles. The third-order valence-electron chi connectivity index (χ3n) is 4.36. The minimum Gasteiger partial charge on any atom is -0.0763 e. The van der Waals surface area contributed by atoms with Crippen molar-refractivity contribution < 1.29 is 0 Å². The van der Waals surface area contributed by atoms with Crippen LogP contribution in [0.1, 0.15) is 18.4 Å². The highest BCUT2D eigenvalue weighted by molar-refractivity contribution is 5.75. The first-order valence-corrected chi connectivity index (χ1v) is 7.87. The van der Waals surface area contributed by atoms with Gasteiger partial charge in [0.2, 0.25) is 0 Å². The monoisotopic (exact) mass is 282 g/mol. The Kier molecular flexibility index (Phi) is 3.36. The lowest BCUT2D eigenvalue weighted by Crippen LogP contribution is -2.31. The minimum atomic E-state index is 1.11. The second-order valence-electron chi connectivity index (χ2n) is 5.72. The van der Waals surface area contributed by atoms with Gasteiger partial charge in [-0.3, -0.25) is 0 Å². The second kappa shape index (κ2) is 5.65. The van der Waals surface area contributed by atoms with Crippen LogP contribution in [-0.2, 0) is 0 Å². The van der Waals surface area contributed by atoms with E-state index in [2.05, 4.69) is 84.9 Å². The maximum atomic E-state index is 2.37. The van der Waals surface area contributed by atoms with Crippen molar-refractivity contribution in [2.75, 3.05) is 0 Å². The molecule has 0 radical (unpaired) electrons. The van der Waals surface area contributed by atoms with Crippen LogP contribution in [0.25, 0.3) is 22.8 Å². The molecule has 0 aliphatic heterocycles. The van der Waals surface area contributed by atoms with E-state index in [-0.39, 0.29) is 0 Å². The van der Waals surface area contributed by atoms with Gasteiger partial charge in [0.05, 0.1) is 0 Å². The topological polar surface area (TPSA) is 0 Å². The maximum Gasteiger partial charge on any atom is -0.00704 e. The summed E-state index contributed by atoms with van der Waals surface area (Å²) in [5, 5.41) is 2.78. The lowest BCUT2D eigenvalue weighted by Gasteiger charge is -2.15. The summed E-state index contributed by atoms with van der Waals surface area (Å²) in [6.07, 6.45) is 4.60. The van der Waals surface area contributed by atoms with E-state index >= 15 is 0 Å². The van der Waals surface area contributed by atoms with Crippen LogP contribution in [0.4, 0.5) is 0 Å². The van der Waals surface area contributed by atoms with Gasteiger partial charge in [-0.05, 0) is 45.5 Å². The summed E-state index contributed by atoms with van der Waals surface area (Å²) >= 11 is 0. The van der Waals surface area contributed by atoms with Gasteiger partial charge in [-0.15, -0.1) is 0 Å². The highest BCUT2D eigenvalue weighted by atomic mass is 14.1. The van der Waals surface area contributed by atoms with Gasteiger partial charge in [-0.2, -0.15) is 0 Å². The summed E-state index contributed by atoms with van der Waals surface area (Å²) in [5.74, 6) is 0. The van der Waals surface area contributed by atoms with Crippen LogP contribution in [0.2, 0.25) is 0 Å². The van der Waals surface area contributed by atoms with E-state index in [1.54, 1.807) is 0 Å². The Morgan fingerprint density at radius 1 is 0.591 bits per heavy atom. The highest BCUT2D eigenvalue weighted by Gasteiger charge is 2.10. The number of benzene rings is 3. The third-order valence-corrected chi connectivity index (χ3v) is 4.36. The molecule has 0 unspecified atom stereocenters.